The standard InChI is InChI=1S/C27H33N3O4.C2H4O2/c1-16-10-11-21-22(29(16)2)12-13-23-24(21)28-26(25(31)17-6-5-9-20(15-17)34-3)30(23)19-8-4-7-18(14-19)27(32)33;1-4-2-3/h5-6,9,12-13,15-16,18-19,25,31H,4,7-8,10-11,14H2,1-3H3,(H,32,33);2H,1H3. The summed E-state index contributed by atoms with van der Waals surface area (Å²) in [4.78, 5) is 28.1. The maximum absolute atomic E-state index is 11.8. The SMILES string of the molecule is COC=O.COc1cccc(C(O)c2nc3c4c(ccc3n2C2CCCC(C(=O)O)C2)N(C)C(C)CC4)c1. The summed E-state index contributed by atoms with van der Waals surface area (Å²) in [5.74, 6) is 0.143. The van der Waals surface area contributed by atoms with E-state index in [0.29, 0.717) is 42.5 Å². The van der Waals surface area contributed by atoms with Gasteiger partial charge in [-0.15, -0.1) is 0 Å². The number of aliphatic carboxylic acids is 1. The van der Waals surface area contributed by atoms with E-state index in [1.165, 1.54) is 18.4 Å². The van der Waals surface area contributed by atoms with Crippen molar-refractivity contribution in [3.63, 3.8) is 0 Å². The number of aryl methyl sites for hydroxylation is 1. The zero-order valence-corrected chi connectivity index (χ0v) is 22.5. The molecule has 1 aliphatic carbocycles. The highest BCUT2D eigenvalue weighted by molar-refractivity contribution is 5.86. The van der Waals surface area contributed by atoms with Crippen molar-refractivity contribution in [1.82, 2.24) is 9.55 Å². The summed E-state index contributed by atoms with van der Waals surface area (Å²) in [6.45, 7) is 2.61. The van der Waals surface area contributed by atoms with Gasteiger partial charge in [-0.25, -0.2) is 4.98 Å². The summed E-state index contributed by atoms with van der Waals surface area (Å²) >= 11 is 0. The molecule has 4 atom stereocenters. The molecule has 204 valence electrons. The minimum Gasteiger partial charge on any atom is -0.497 e. The van der Waals surface area contributed by atoms with E-state index >= 15 is 0 Å². The van der Waals surface area contributed by atoms with Crippen LogP contribution >= 0.6 is 0 Å². The second kappa shape index (κ2) is 11.9. The van der Waals surface area contributed by atoms with Crippen LogP contribution < -0.4 is 9.64 Å². The molecule has 2 aromatic carbocycles. The Bertz CT molecular complexity index is 1290. The summed E-state index contributed by atoms with van der Waals surface area (Å²) < 4.78 is 11.4. The van der Waals surface area contributed by atoms with Crippen LogP contribution in [0.2, 0.25) is 0 Å². The van der Waals surface area contributed by atoms with E-state index in [1.807, 2.05) is 24.3 Å². The minimum atomic E-state index is -0.941. The minimum absolute atomic E-state index is 0.0200. The first-order chi connectivity index (χ1) is 18.3. The number of carboxylic acid groups (broad SMARTS) is 1. The quantitative estimate of drug-likeness (QED) is 0.454. The molecule has 1 saturated carbocycles. The van der Waals surface area contributed by atoms with Gasteiger partial charge in [-0.3, -0.25) is 9.59 Å². The molecule has 0 saturated heterocycles. The molecular formula is C29H37N3O6. The molecule has 2 N–H and O–H groups in total. The fraction of sp³-hybridized carbons (Fsp3) is 0.483. The predicted molar refractivity (Wildman–Crippen MR) is 145 cm³/mol. The molecule has 1 aliphatic heterocycles. The fourth-order valence-electron chi connectivity index (χ4n) is 5.75. The molecule has 9 heteroatoms. The van der Waals surface area contributed by atoms with E-state index < -0.39 is 12.1 Å². The van der Waals surface area contributed by atoms with Gasteiger partial charge in [0.1, 0.15) is 17.7 Å². The second-order valence-electron chi connectivity index (χ2n) is 10.1. The summed E-state index contributed by atoms with van der Waals surface area (Å²) in [6, 6.07) is 12.1. The van der Waals surface area contributed by atoms with Gasteiger partial charge in [-0.1, -0.05) is 18.6 Å². The number of benzene rings is 2. The van der Waals surface area contributed by atoms with Gasteiger partial charge in [0.15, 0.2) is 0 Å². The first-order valence-corrected chi connectivity index (χ1v) is 13.1. The smallest absolute Gasteiger partial charge is 0.306 e. The van der Waals surface area contributed by atoms with Gasteiger partial charge in [0.2, 0.25) is 0 Å². The van der Waals surface area contributed by atoms with E-state index in [9.17, 15) is 15.0 Å². The number of ether oxygens (including phenoxy) is 2. The number of aliphatic hydroxyl groups excluding tert-OH is 1. The Hall–Kier alpha value is -3.59. The highest BCUT2D eigenvalue weighted by Crippen LogP contribution is 2.41. The normalized spacial score (nSPS) is 21.6. The lowest BCUT2D eigenvalue weighted by Gasteiger charge is -2.34. The average Bonchev–Trinajstić information content (AvgIpc) is 3.34. The number of carbonyl (C=O) groups excluding carboxylic acids is 1. The van der Waals surface area contributed by atoms with Crippen LogP contribution in [0.25, 0.3) is 11.0 Å². The molecule has 9 nitrogen and oxygen atoms in total. The van der Waals surface area contributed by atoms with Crippen LogP contribution in [0.1, 0.15) is 68.1 Å². The Kier molecular flexibility index (Phi) is 8.56. The number of fused-ring (bicyclic) bond motifs is 3. The summed E-state index contributed by atoms with van der Waals surface area (Å²) in [5, 5.41) is 21.2. The number of carbonyl (C=O) groups is 2. The number of hydrogen-bond acceptors (Lipinski definition) is 7. The van der Waals surface area contributed by atoms with E-state index in [4.69, 9.17) is 14.5 Å². The van der Waals surface area contributed by atoms with Gasteiger partial charge >= 0.3 is 5.97 Å². The molecule has 2 heterocycles. The van der Waals surface area contributed by atoms with Crippen LogP contribution in [0.4, 0.5) is 5.69 Å². The molecule has 0 spiro atoms. The van der Waals surface area contributed by atoms with Crippen LogP contribution in [0, 0.1) is 5.92 Å². The number of methoxy groups -OCH3 is 2. The molecular weight excluding hydrogens is 486 g/mol. The molecule has 2 aliphatic rings. The van der Waals surface area contributed by atoms with Crippen molar-refractivity contribution < 1.29 is 29.3 Å². The van der Waals surface area contributed by atoms with Crippen molar-refractivity contribution in [3.05, 3.63) is 53.3 Å². The van der Waals surface area contributed by atoms with Gasteiger partial charge in [-0.2, -0.15) is 0 Å². The number of imidazole rings is 1. The second-order valence-corrected chi connectivity index (χ2v) is 10.1. The highest BCUT2D eigenvalue weighted by Gasteiger charge is 2.33. The zero-order chi connectivity index (χ0) is 27.4. The van der Waals surface area contributed by atoms with Crippen molar-refractivity contribution in [3.8, 4) is 5.75 Å². The van der Waals surface area contributed by atoms with E-state index in [1.54, 1.807) is 7.11 Å². The van der Waals surface area contributed by atoms with Crippen LogP contribution in [-0.4, -0.2) is 59.5 Å². The van der Waals surface area contributed by atoms with Gasteiger partial charge in [0, 0.05) is 30.4 Å². The maximum atomic E-state index is 11.8. The Labute approximate surface area is 223 Å². The third-order valence-corrected chi connectivity index (χ3v) is 7.93. The summed E-state index contributed by atoms with van der Waals surface area (Å²) in [7, 11) is 5.04. The largest absolute Gasteiger partial charge is 0.497 e. The lowest BCUT2D eigenvalue weighted by molar-refractivity contribution is -0.143. The zero-order valence-electron chi connectivity index (χ0n) is 22.5. The lowest BCUT2D eigenvalue weighted by Crippen LogP contribution is -2.33. The number of nitrogens with zero attached hydrogens (tertiary/aromatic N) is 3. The molecule has 5 rings (SSSR count). The molecule has 0 bridgehead atoms. The number of aliphatic hydroxyl groups is 1. The number of anilines is 1. The molecule has 0 radical (unpaired) electrons. The number of hydrogen-bond donors (Lipinski definition) is 2. The molecule has 1 aromatic heterocycles. The fourth-order valence-corrected chi connectivity index (χ4v) is 5.75. The van der Waals surface area contributed by atoms with Crippen LogP contribution in [0.15, 0.2) is 36.4 Å². The molecule has 38 heavy (non-hydrogen) atoms. The predicted octanol–water partition coefficient (Wildman–Crippen LogP) is 4.50. The third kappa shape index (κ3) is 5.34. The Morgan fingerprint density at radius 3 is 2.63 bits per heavy atom. The van der Waals surface area contributed by atoms with Gasteiger partial charge in [-0.05, 0) is 68.9 Å². The first kappa shape index (κ1) is 27.4. The molecule has 3 aromatic rings. The monoisotopic (exact) mass is 523 g/mol. The van der Waals surface area contributed by atoms with Crippen molar-refractivity contribution >= 4 is 29.2 Å². The molecule has 0 amide bonds. The lowest BCUT2D eigenvalue weighted by atomic mass is 9.85. The van der Waals surface area contributed by atoms with Gasteiger partial charge in [0.25, 0.3) is 6.47 Å². The van der Waals surface area contributed by atoms with E-state index in [2.05, 4.69) is 40.3 Å². The number of aromatic nitrogens is 2. The summed E-state index contributed by atoms with van der Waals surface area (Å²) in [5.41, 5.74) is 5.01. The van der Waals surface area contributed by atoms with Crippen LogP contribution in [0.5, 0.6) is 5.75 Å². The third-order valence-electron chi connectivity index (χ3n) is 7.93. The number of carboxylic acids is 1. The van der Waals surface area contributed by atoms with Crippen LogP contribution in [-0.2, 0) is 20.7 Å². The highest BCUT2D eigenvalue weighted by atomic mass is 16.5. The molecule has 1 fully saturated rings. The topological polar surface area (TPSA) is 114 Å². The van der Waals surface area contributed by atoms with Crippen LogP contribution in [0.3, 0.4) is 0 Å². The van der Waals surface area contributed by atoms with E-state index in [0.717, 1.165) is 36.7 Å². The Morgan fingerprint density at radius 2 is 1.95 bits per heavy atom. The first-order valence-electron chi connectivity index (χ1n) is 13.1. The van der Waals surface area contributed by atoms with Crippen molar-refractivity contribution in [1.29, 1.82) is 0 Å². The van der Waals surface area contributed by atoms with E-state index in [-0.39, 0.29) is 12.0 Å². The van der Waals surface area contributed by atoms with Crippen molar-refractivity contribution in [2.45, 2.75) is 63.6 Å². The van der Waals surface area contributed by atoms with Crippen molar-refractivity contribution in [2.75, 3.05) is 26.2 Å². The Morgan fingerprint density at radius 1 is 1.18 bits per heavy atom. The Balaban J connectivity index is 0.000000786. The summed E-state index contributed by atoms with van der Waals surface area (Å²) in [6.07, 6.45) is 4.02. The number of rotatable bonds is 6. The van der Waals surface area contributed by atoms with Gasteiger partial charge < -0.3 is 29.2 Å². The van der Waals surface area contributed by atoms with Gasteiger partial charge in [0.05, 0.1) is 31.2 Å². The molecule has 4 unspecified atom stereocenters. The maximum Gasteiger partial charge on any atom is 0.306 e. The van der Waals surface area contributed by atoms with Crippen molar-refractivity contribution in [2.24, 2.45) is 5.92 Å². The average molecular weight is 524 g/mol.